The minimum absolute atomic E-state index is 0.0437. The Kier molecular flexibility index (Phi) is 6.96. The summed E-state index contributed by atoms with van der Waals surface area (Å²) in [6.45, 7) is 4.04. The number of aliphatic hydroxyl groups is 1. The van der Waals surface area contributed by atoms with Gasteiger partial charge in [-0.15, -0.1) is 0 Å². The summed E-state index contributed by atoms with van der Waals surface area (Å²) in [5, 5.41) is 16.1. The van der Waals surface area contributed by atoms with Gasteiger partial charge >= 0.3 is 0 Å². The molecule has 0 saturated carbocycles. The zero-order chi connectivity index (χ0) is 18.3. The van der Waals surface area contributed by atoms with E-state index in [1.807, 2.05) is 17.0 Å². The second-order valence-electron chi connectivity index (χ2n) is 6.91. The summed E-state index contributed by atoms with van der Waals surface area (Å²) in [5.74, 6) is -0.218. The van der Waals surface area contributed by atoms with Crippen LogP contribution in [-0.2, 0) is 16.0 Å². The van der Waals surface area contributed by atoms with Crippen molar-refractivity contribution >= 4 is 11.8 Å². The number of β-amino-alcohol motifs (C(OH)–C–C–N with tert-alkyl or cyclic N) is 1. The minimum atomic E-state index is -1.04. The van der Waals surface area contributed by atoms with Crippen LogP contribution in [0, 0.1) is 6.92 Å². The van der Waals surface area contributed by atoms with Crippen molar-refractivity contribution in [1.82, 2.24) is 15.5 Å². The van der Waals surface area contributed by atoms with Gasteiger partial charge in [0.25, 0.3) is 0 Å². The van der Waals surface area contributed by atoms with Crippen LogP contribution in [0.15, 0.2) is 24.3 Å². The number of nitrogens with zero attached hydrogens (tertiary/aromatic N) is 1. The summed E-state index contributed by atoms with van der Waals surface area (Å²) in [4.78, 5) is 25.6. The van der Waals surface area contributed by atoms with Crippen molar-refractivity contribution in [2.75, 3.05) is 33.2 Å². The molecule has 1 aromatic rings. The average Bonchev–Trinajstić information content (AvgIpc) is 2.56. The summed E-state index contributed by atoms with van der Waals surface area (Å²) in [5.41, 5.74) is 1.42. The first-order valence-corrected chi connectivity index (χ1v) is 8.88. The molecule has 1 unspecified atom stereocenters. The first-order valence-electron chi connectivity index (χ1n) is 8.88. The Balaban J connectivity index is 1.76. The zero-order valence-electron chi connectivity index (χ0n) is 15.2. The molecule has 0 spiro atoms. The van der Waals surface area contributed by atoms with Gasteiger partial charge < -0.3 is 15.7 Å². The third kappa shape index (κ3) is 6.14. The fourth-order valence-corrected chi connectivity index (χ4v) is 3.36. The maximum absolute atomic E-state index is 12.2. The zero-order valence-corrected chi connectivity index (χ0v) is 15.2. The van der Waals surface area contributed by atoms with Crippen molar-refractivity contribution in [3.63, 3.8) is 0 Å². The summed E-state index contributed by atoms with van der Waals surface area (Å²) in [6, 6.07) is 8.15. The highest BCUT2D eigenvalue weighted by Gasteiger charge is 2.35. The molecule has 0 aliphatic carbocycles. The van der Waals surface area contributed by atoms with Gasteiger partial charge in [0.1, 0.15) is 0 Å². The molecule has 0 aromatic heterocycles. The van der Waals surface area contributed by atoms with E-state index in [9.17, 15) is 14.7 Å². The number of hydrogen-bond donors (Lipinski definition) is 3. The Hall–Kier alpha value is -1.92. The van der Waals surface area contributed by atoms with Crippen molar-refractivity contribution in [2.24, 2.45) is 0 Å². The summed E-state index contributed by atoms with van der Waals surface area (Å²) in [7, 11) is 1.56. The second kappa shape index (κ2) is 8.97. The molecular formula is C19H29N3O3. The van der Waals surface area contributed by atoms with Gasteiger partial charge in [-0.2, -0.15) is 0 Å². The number of amides is 2. The largest absolute Gasteiger partial charge is 0.388 e. The maximum atomic E-state index is 12.2. The fourth-order valence-electron chi connectivity index (χ4n) is 3.36. The quantitative estimate of drug-likeness (QED) is 0.675. The average molecular weight is 347 g/mol. The Morgan fingerprint density at radius 2 is 2.04 bits per heavy atom. The molecule has 6 nitrogen and oxygen atoms in total. The molecule has 1 atom stereocenters. The van der Waals surface area contributed by atoms with Crippen molar-refractivity contribution in [2.45, 2.75) is 38.2 Å². The molecule has 0 bridgehead atoms. The minimum Gasteiger partial charge on any atom is -0.388 e. The highest BCUT2D eigenvalue weighted by molar-refractivity contribution is 5.78. The van der Waals surface area contributed by atoms with Gasteiger partial charge in [0.15, 0.2) is 0 Å². The number of benzene rings is 1. The molecule has 2 rings (SSSR count). The number of carbonyl (C=O) groups excluding carboxylic acids is 2. The van der Waals surface area contributed by atoms with E-state index in [2.05, 4.69) is 29.7 Å². The Morgan fingerprint density at radius 1 is 1.28 bits per heavy atom. The van der Waals surface area contributed by atoms with Crippen LogP contribution in [0.1, 0.15) is 30.4 Å². The predicted octanol–water partition coefficient (Wildman–Crippen LogP) is 0.617. The van der Waals surface area contributed by atoms with Crippen LogP contribution in [-0.4, -0.2) is 60.6 Å². The molecule has 1 aliphatic rings. The van der Waals surface area contributed by atoms with Crippen molar-refractivity contribution in [3.8, 4) is 0 Å². The lowest BCUT2D eigenvalue weighted by Crippen LogP contribution is -2.52. The van der Waals surface area contributed by atoms with Gasteiger partial charge in [-0.3, -0.25) is 14.5 Å². The summed E-state index contributed by atoms with van der Waals surface area (Å²) in [6.07, 6.45) is 2.25. The van der Waals surface area contributed by atoms with Crippen LogP contribution in [0.5, 0.6) is 0 Å². The molecule has 1 heterocycles. The number of likely N-dealkylation sites (tertiary alicyclic amines) is 1. The summed E-state index contributed by atoms with van der Waals surface area (Å²) < 4.78 is 0. The molecule has 2 amide bonds. The van der Waals surface area contributed by atoms with Gasteiger partial charge in [-0.1, -0.05) is 24.3 Å². The van der Waals surface area contributed by atoms with E-state index in [1.165, 1.54) is 11.1 Å². The molecular weight excluding hydrogens is 318 g/mol. The lowest BCUT2D eigenvalue weighted by molar-refractivity contribution is -0.129. The Labute approximate surface area is 149 Å². The van der Waals surface area contributed by atoms with Gasteiger partial charge in [-0.05, 0) is 43.9 Å². The van der Waals surface area contributed by atoms with E-state index in [0.29, 0.717) is 19.5 Å². The number of rotatable bonds is 7. The molecule has 3 N–H and O–H groups in total. The standard InChI is InChI=1S/C19H29N3O3/c1-15-6-3-4-7-16(15)8-10-21-18(24)13-22-11-5-9-19(25,14-22)12-17(23)20-2/h3-4,6-7,25H,5,8-14H2,1-2H3,(H,20,23)(H,21,24). The molecule has 1 saturated heterocycles. The molecule has 6 heteroatoms. The molecule has 25 heavy (non-hydrogen) atoms. The van der Waals surface area contributed by atoms with Gasteiger partial charge in [0.05, 0.1) is 18.6 Å². The molecule has 0 radical (unpaired) electrons. The molecule has 1 aromatic carbocycles. The Bertz CT molecular complexity index is 605. The number of nitrogens with one attached hydrogen (secondary N) is 2. The van der Waals surface area contributed by atoms with Crippen molar-refractivity contribution < 1.29 is 14.7 Å². The van der Waals surface area contributed by atoms with Crippen LogP contribution < -0.4 is 10.6 Å². The van der Waals surface area contributed by atoms with E-state index in [0.717, 1.165) is 19.4 Å². The monoisotopic (exact) mass is 347 g/mol. The lowest BCUT2D eigenvalue weighted by atomic mass is 9.89. The SMILES string of the molecule is CNC(=O)CC1(O)CCCN(CC(=O)NCCc2ccccc2C)C1. The topological polar surface area (TPSA) is 81.7 Å². The number of hydrogen-bond acceptors (Lipinski definition) is 4. The third-order valence-electron chi connectivity index (χ3n) is 4.75. The molecule has 1 aliphatic heterocycles. The van der Waals surface area contributed by atoms with Crippen LogP contribution in [0.3, 0.4) is 0 Å². The Morgan fingerprint density at radius 3 is 2.76 bits per heavy atom. The number of aryl methyl sites for hydroxylation is 1. The highest BCUT2D eigenvalue weighted by atomic mass is 16.3. The lowest BCUT2D eigenvalue weighted by Gasteiger charge is -2.38. The fraction of sp³-hybridized carbons (Fsp3) is 0.579. The first-order chi connectivity index (χ1) is 11.9. The van der Waals surface area contributed by atoms with Gasteiger partial charge in [0, 0.05) is 20.1 Å². The van der Waals surface area contributed by atoms with Crippen molar-refractivity contribution in [1.29, 1.82) is 0 Å². The highest BCUT2D eigenvalue weighted by Crippen LogP contribution is 2.24. The summed E-state index contributed by atoms with van der Waals surface area (Å²) >= 11 is 0. The maximum Gasteiger partial charge on any atom is 0.234 e. The van der Waals surface area contributed by atoms with Crippen LogP contribution in [0.25, 0.3) is 0 Å². The molecule has 1 fully saturated rings. The van der Waals surface area contributed by atoms with Crippen LogP contribution in [0.4, 0.5) is 0 Å². The second-order valence-corrected chi connectivity index (χ2v) is 6.91. The molecule has 138 valence electrons. The van der Waals surface area contributed by atoms with Gasteiger partial charge in [-0.25, -0.2) is 0 Å². The van der Waals surface area contributed by atoms with E-state index in [4.69, 9.17) is 0 Å². The van der Waals surface area contributed by atoms with E-state index < -0.39 is 5.60 Å². The number of piperidine rings is 1. The normalized spacial score (nSPS) is 20.9. The van der Waals surface area contributed by atoms with Crippen LogP contribution >= 0.6 is 0 Å². The van der Waals surface area contributed by atoms with E-state index >= 15 is 0 Å². The van der Waals surface area contributed by atoms with Crippen molar-refractivity contribution in [3.05, 3.63) is 35.4 Å². The van der Waals surface area contributed by atoms with E-state index in [-0.39, 0.29) is 24.8 Å². The van der Waals surface area contributed by atoms with Crippen LogP contribution in [0.2, 0.25) is 0 Å². The smallest absolute Gasteiger partial charge is 0.234 e. The third-order valence-corrected chi connectivity index (χ3v) is 4.75. The van der Waals surface area contributed by atoms with Gasteiger partial charge in [0.2, 0.25) is 11.8 Å². The predicted molar refractivity (Wildman–Crippen MR) is 97.2 cm³/mol. The van der Waals surface area contributed by atoms with E-state index in [1.54, 1.807) is 7.05 Å². The number of carbonyl (C=O) groups is 2. The first kappa shape index (κ1) is 19.4.